The van der Waals surface area contributed by atoms with Gasteiger partial charge in [0, 0.05) is 6.42 Å². The summed E-state index contributed by atoms with van der Waals surface area (Å²) in [5, 5.41) is 18.0. The lowest BCUT2D eigenvalue weighted by molar-refractivity contribution is -0.178. The monoisotopic (exact) mass is 176 g/mol. The first-order valence-electron chi connectivity index (χ1n) is 4.18. The molecule has 0 aromatic heterocycles. The fraction of sp³-hybridized carbons (Fsp3) is 0.875. The van der Waals surface area contributed by atoms with Gasteiger partial charge < -0.3 is 14.9 Å². The van der Waals surface area contributed by atoms with Crippen LogP contribution in [-0.2, 0) is 9.53 Å². The number of hydrogen-bond acceptors (Lipinski definition) is 4. The van der Waals surface area contributed by atoms with Gasteiger partial charge in [0.05, 0.1) is 0 Å². The molecule has 0 bridgehead atoms. The van der Waals surface area contributed by atoms with E-state index in [9.17, 15) is 4.79 Å². The minimum atomic E-state index is -1.11. The second kappa shape index (κ2) is 5.97. The van der Waals surface area contributed by atoms with E-state index in [1.807, 2.05) is 6.92 Å². The molecule has 0 heterocycles. The zero-order valence-electron chi connectivity index (χ0n) is 7.49. The van der Waals surface area contributed by atoms with Gasteiger partial charge in [-0.25, -0.2) is 4.79 Å². The van der Waals surface area contributed by atoms with Gasteiger partial charge in [-0.1, -0.05) is 20.3 Å². The van der Waals surface area contributed by atoms with Gasteiger partial charge in [-0.15, -0.1) is 0 Å². The Kier molecular flexibility index (Phi) is 5.66. The zero-order valence-corrected chi connectivity index (χ0v) is 7.49. The highest BCUT2D eigenvalue weighted by molar-refractivity contribution is 5.74. The summed E-state index contributed by atoms with van der Waals surface area (Å²) in [6.07, 6.45) is -0.753. The summed E-state index contributed by atoms with van der Waals surface area (Å²) in [4.78, 5) is 10.8. The first-order chi connectivity index (χ1) is 5.61. The van der Waals surface area contributed by atoms with Crippen LogP contribution < -0.4 is 0 Å². The van der Waals surface area contributed by atoms with Gasteiger partial charge in [0.25, 0.3) is 0 Å². The second-order valence-corrected chi connectivity index (χ2v) is 2.60. The molecule has 0 aliphatic rings. The quantitative estimate of drug-likeness (QED) is 0.470. The molecule has 72 valence electrons. The normalized spacial score (nSPS) is 15.3. The van der Waals surface area contributed by atoms with Crippen LogP contribution in [0.15, 0.2) is 0 Å². The molecule has 4 heteroatoms. The summed E-state index contributed by atoms with van der Waals surface area (Å²) in [5.74, 6) is -0.751. The fourth-order valence-corrected chi connectivity index (χ4v) is 0.685. The van der Waals surface area contributed by atoms with Crippen LogP contribution in [0.3, 0.4) is 0 Å². The van der Waals surface area contributed by atoms with Crippen molar-refractivity contribution in [2.45, 2.75) is 45.5 Å². The molecule has 0 saturated heterocycles. The molecule has 0 rings (SSSR count). The fourth-order valence-electron chi connectivity index (χ4n) is 0.685. The van der Waals surface area contributed by atoms with Gasteiger partial charge in [-0.3, -0.25) is 0 Å². The van der Waals surface area contributed by atoms with Crippen molar-refractivity contribution in [1.82, 2.24) is 0 Å². The molecule has 0 fully saturated rings. The Bertz CT molecular complexity index is 135. The van der Waals surface area contributed by atoms with Gasteiger partial charge in [0.2, 0.25) is 6.29 Å². The first-order valence-corrected chi connectivity index (χ1v) is 4.18. The third kappa shape index (κ3) is 4.31. The van der Waals surface area contributed by atoms with Crippen molar-refractivity contribution in [3.8, 4) is 0 Å². The van der Waals surface area contributed by atoms with Crippen molar-refractivity contribution in [2.24, 2.45) is 0 Å². The van der Waals surface area contributed by atoms with E-state index in [0.29, 0.717) is 12.8 Å². The van der Waals surface area contributed by atoms with E-state index in [4.69, 9.17) is 10.2 Å². The summed E-state index contributed by atoms with van der Waals surface area (Å²) in [6, 6.07) is 0. The van der Waals surface area contributed by atoms with Crippen LogP contribution in [0.25, 0.3) is 0 Å². The number of rotatable bonds is 5. The molecule has 12 heavy (non-hydrogen) atoms. The maximum absolute atomic E-state index is 10.8. The minimum Gasteiger partial charge on any atom is -0.434 e. The molecule has 4 nitrogen and oxygen atoms in total. The van der Waals surface area contributed by atoms with E-state index in [2.05, 4.69) is 4.74 Å². The first kappa shape index (κ1) is 11.4. The van der Waals surface area contributed by atoms with Crippen LogP contribution in [0.1, 0.15) is 33.1 Å². The Balaban J connectivity index is 3.67. The zero-order chi connectivity index (χ0) is 9.56. The summed E-state index contributed by atoms with van der Waals surface area (Å²) in [7, 11) is 0. The van der Waals surface area contributed by atoms with E-state index in [1.165, 1.54) is 0 Å². The van der Waals surface area contributed by atoms with Crippen LogP contribution >= 0.6 is 0 Å². The van der Waals surface area contributed by atoms with E-state index in [-0.39, 0.29) is 0 Å². The molecule has 0 aromatic rings. The van der Waals surface area contributed by atoms with Crippen molar-refractivity contribution < 1.29 is 19.7 Å². The highest BCUT2D eigenvalue weighted by Gasteiger charge is 2.17. The number of esters is 1. The standard InChI is InChI=1S/C8H16O4/c1-3-5-7(10)12-8(11)6(9)4-2/h6-7,9-10H,3-5H2,1-2H3/t6-,7-/m1/s1. The van der Waals surface area contributed by atoms with Crippen LogP contribution in [0, 0.1) is 0 Å². The summed E-state index contributed by atoms with van der Waals surface area (Å²) < 4.78 is 4.51. The molecule has 0 unspecified atom stereocenters. The van der Waals surface area contributed by atoms with Crippen molar-refractivity contribution in [2.75, 3.05) is 0 Å². The molecule has 2 atom stereocenters. The minimum absolute atomic E-state index is 0.303. The average molecular weight is 176 g/mol. The maximum atomic E-state index is 10.8. The molecule has 0 aliphatic carbocycles. The molecular formula is C8H16O4. The van der Waals surface area contributed by atoms with E-state index < -0.39 is 18.4 Å². The lowest BCUT2D eigenvalue weighted by Gasteiger charge is -2.13. The highest BCUT2D eigenvalue weighted by atomic mass is 16.6. The third-order valence-corrected chi connectivity index (χ3v) is 1.45. The third-order valence-electron chi connectivity index (χ3n) is 1.45. The van der Waals surface area contributed by atoms with Crippen molar-refractivity contribution in [1.29, 1.82) is 0 Å². The van der Waals surface area contributed by atoms with Gasteiger partial charge >= 0.3 is 5.97 Å². The molecule has 0 spiro atoms. The van der Waals surface area contributed by atoms with Crippen LogP contribution in [0.5, 0.6) is 0 Å². The van der Waals surface area contributed by atoms with Crippen LogP contribution in [-0.4, -0.2) is 28.6 Å². The second-order valence-electron chi connectivity index (χ2n) is 2.60. The van der Waals surface area contributed by atoms with Crippen molar-refractivity contribution >= 4 is 5.97 Å². The predicted octanol–water partition coefficient (Wildman–Crippen LogP) is 0.419. The average Bonchev–Trinajstić information content (AvgIpc) is 2.03. The van der Waals surface area contributed by atoms with Gasteiger partial charge in [0.15, 0.2) is 6.10 Å². The number of ether oxygens (including phenoxy) is 1. The molecular weight excluding hydrogens is 160 g/mol. The van der Waals surface area contributed by atoms with E-state index in [1.54, 1.807) is 6.92 Å². The Morgan fingerprint density at radius 2 is 2.00 bits per heavy atom. The Labute approximate surface area is 72.2 Å². The molecule has 2 N–H and O–H groups in total. The summed E-state index contributed by atoms with van der Waals surface area (Å²) in [5.41, 5.74) is 0. The van der Waals surface area contributed by atoms with Gasteiger partial charge in [0.1, 0.15) is 0 Å². The van der Waals surface area contributed by atoms with Crippen molar-refractivity contribution in [3.63, 3.8) is 0 Å². The number of carbonyl (C=O) groups is 1. The molecule has 0 amide bonds. The number of aliphatic hydroxyl groups is 2. The molecule has 0 radical (unpaired) electrons. The Morgan fingerprint density at radius 3 is 2.42 bits per heavy atom. The molecule has 0 aliphatic heterocycles. The molecule has 0 saturated carbocycles. The number of aliphatic hydroxyl groups excluding tert-OH is 2. The Morgan fingerprint density at radius 1 is 1.42 bits per heavy atom. The maximum Gasteiger partial charge on any atom is 0.337 e. The highest BCUT2D eigenvalue weighted by Crippen LogP contribution is 2.01. The lowest BCUT2D eigenvalue weighted by atomic mass is 10.3. The summed E-state index contributed by atoms with van der Waals surface area (Å²) >= 11 is 0. The topological polar surface area (TPSA) is 66.8 Å². The SMILES string of the molecule is CCC[C@H](O)OC(=O)[C@H](O)CC. The van der Waals surface area contributed by atoms with Crippen LogP contribution in [0.4, 0.5) is 0 Å². The largest absolute Gasteiger partial charge is 0.434 e. The lowest BCUT2D eigenvalue weighted by Crippen LogP contribution is -2.27. The van der Waals surface area contributed by atoms with Gasteiger partial charge in [-0.2, -0.15) is 0 Å². The van der Waals surface area contributed by atoms with Crippen LogP contribution in [0.2, 0.25) is 0 Å². The smallest absolute Gasteiger partial charge is 0.337 e. The molecule has 0 aromatic carbocycles. The Hall–Kier alpha value is -0.610. The van der Waals surface area contributed by atoms with Gasteiger partial charge in [-0.05, 0) is 6.42 Å². The van der Waals surface area contributed by atoms with E-state index >= 15 is 0 Å². The van der Waals surface area contributed by atoms with Crippen molar-refractivity contribution in [3.05, 3.63) is 0 Å². The predicted molar refractivity (Wildman–Crippen MR) is 43.3 cm³/mol. The number of hydrogen-bond donors (Lipinski definition) is 2. The summed E-state index contributed by atoms with van der Waals surface area (Å²) in [6.45, 7) is 3.53. The number of carbonyl (C=O) groups excluding carboxylic acids is 1. The van der Waals surface area contributed by atoms with E-state index in [0.717, 1.165) is 6.42 Å².